The third-order valence-corrected chi connectivity index (χ3v) is 10.8. The Kier molecular flexibility index (Phi) is 7.08. The Hall–Kier alpha value is -4.85. The van der Waals surface area contributed by atoms with Crippen LogP contribution in [0.4, 0.5) is 17.1 Å². The van der Waals surface area contributed by atoms with Gasteiger partial charge in [0.2, 0.25) is 0 Å². The van der Waals surface area contributed by atoms with E-state index >= 15 is 0 Å². The van der Waals surface area contributed by atoms with Crippen molar-refractivity contribution in [3.05, 3.63) is 121 Å². The molecule has 0 atom stereocenters. The van der Waals surface area contributed by atoms with Gasteiger partial charge in [-0.1, -0.05) is 54.6 Å². The lowest BCUT2D eigenvalue weighted by Crippen LogP contribution is -2.15. The normalized spacial score (nSPS) is 12.3. The number of fused-ring (bicyclic) bond motifs is 3. The molecule has 0 aliphatic rings. The number of hydrogen-bond donors (Lipinski definition) is 4. The van der Waals surface area contributed by atoms with E-state index in [2.05, 4.69) is 19.2 Å². The van der Waals surface area contributed by atoms with Crippen LogP contribution in [-0.4, -0.2) is 30.2 Å². The van der Waals surface area contributed by atoms with Crippen molar-refractivity contribution in [3.63, 3.8) is 0 Å². The zero-order chi connectivity index (χ0) is 30.2. The minimum absolute atomic E-state index is 0.0205. The molecule has 43 heavy (non-hydrogen) atoms. The van der Waals surface area contributed by atoms with E-state index in [9.17, 15) is 25.3 Å². The monoisotopic (exact) mass is 632 g/mol. The van der Waals surface area contributed by atoms with Crippen LogP contribution >= 0.6 is 0 Å². The van der Waals surface area contributed by atoms with Gasteiger partial charge in [0.25, 0.3) is 30.1 Å². The molecule has 0 spiro atoms. The van der Waals surface area contributed by atoms with Crippen molar-refractivity contribution in [2.24, 2.45) is 0 Å². The number of nitrogens with one attached hydrogen (secondary N) is 4. The molecule has 6 rings (SSSR count). The van der Waals surface area contributed by atoms with Crippen molar-refractivity contribution in [2.75, 3.05) is 14.2 Å². The molecule has 218 valence electrons. The molecule has 0 bridgehead atoms. The highest BCUT2D eigenvalue weighted by atomic mass is 32.2. The molecule has 0 saturated heterocycles. The summed E-state index contributed by atoms with van der Waals surface area (Å²) in [6, 6.07) is 31.2. The topological polar surface area (TPSA) is 154 Å². The molecule has 6 aromatic rings. The van der Waals surface area contributed by atoms with Gasteiger partial charge in [-0.05, 0) is 66.7 Å². The maximum Gasteiger partial charge on any atom is 0.261 e. The van der Waals surface area contributed by atoms with Crippen molar-refractivity contribution >= 4 is 68.9 Å². The summed E-state index contributed by atoms with van der Waals surface area (Å²) in [4.78, 5) is 3.32. The van der Waals surface area contributed by atoms with Gasteiger partial charge in [0, 0.05) is 22.0 Å². The number of aromatic nitrogens is 1. The molecule has 0 aliphatic heterocycles. The first-order chi connectivity index (χ1) is 20.5. The zero-order valence-corrected chi connectivity index (χ0v) is 24.7. The fourth-order valence-corrected chi connectivity index (χ4v) is 7.85. The van der Waals surface area contributed by atoms with Crippen LogP contribution in [0.25, 0.3) is 21.8 Å². The Morgan fingerprint density at radius 1 is 0.442 bits per heavy atom. The molecule has 0 radical (unpaired) electrons. The number of aromatic amines is 1. The third-order valence-electron chi connectivity index (χ3n) is 6.62. The standard InChI is InChI=1S/C30H24N4O6S3/c35-41(36,23-10-4-1-5-11-23)32-21-16-17-28-26(18-21)27-19-22(33-42(37,38)24-12-6-2-7-13-24)20-29(30(27)31-28)34-43(39,40)25-14-8-3-9-15-25/h1-20,31-34H. The smallest absolute Gasteiger partial charge is 0.261 e. The number of rotatable bonds is 9. The number of sulfonamides is 3. The van der Waals surface area contributed by atoms with Gasteiger partial charge in [0.05, 0.1) is 31.6 Å². The van der Waals surface area contributed by atoms with Gasteiger partial charge in [-0.25, -0.2) is 25.3 Å². The summed E-state index contributed by atoms with van der Waals surface area (Å²) in [7, 11) is -12.0. The lowest BCUT2D eigenvalue weighted by molar-refractivity contribution is 0.599. The van der Waals surface area contributed by atoms with E-state index in [1.807, 2.05) is 0 Å². The van der Waals surface area contributed by atoms with E-state index in [1.165, 1.54) is 42.5 Å². The molecular weight excluding hydrogens is 609 g/mol. The van der Waals surface area contributed by atoms with E-state index < -0.39 is 30.1 Å². The van der Waals surface area contributed by atoms with Crippen LogP contribution in [0, 0.1) is 0 Å². The molecule has 13 heteroatoms. The molecule has 0 aliphatic carbocycles. The van der Waals surface area contributed by atoms with Gasteiger partial charge in [-0.3, -0.25) is 14.2 Å². The number of H-pyrrole nitrogens is 1. The fourth-order valence-electron chi connectivity index (χ4n) is 4.63. The Morgan fingerprint density at radius 2 is 0.884 bits per heavy atom. The summed E-state index contributed by atoms with van der Waals surface area (Å²) in [5.74, 6) is 0. The highest BCUT2D eigenvalue weighted by Gasteiger charge is 2.21. The van der Waals surface area contributed by atoms with E-state index in [4.69, 9.17) is 0 Å². The first kappa shape index (κ1) is 28.3. The number of hydrogen-bond acceptors (Lipinski definition) is 6. The highest BCUT2D eigenvalue weighted by Crippen LogP contribution is 2.37. The van der Waals surface area contributed by atoms with Gasteiger partial charge in [-0.15, -0.1) is 0 Å². The molecule has 0 unspecified atom stereocenters. The number of anilines is 3. The SMILES string of the molecule is O=S(=O)(Nc1ccc2[nH]c3c(NS(=O)(=O)c4ccccc4)cc(NS(=O)(=O)c4ccccc4)cc3c2c1)c1ccccc1. The maximum absolute atomic E-state index is 13.3. The largest absolute Gasteiger partial charge is 0.353 e. The van der Waals surface area contributed by atoms with E-state index in [0.29, 0.717) is 21.8 Å². The van der Waals surface area contributed by atoms with E-state index in [-0.39, 0.29) is 31.7 Å². The van der Waals surface area contributed by atoms with Crippen LogP contribution in [0.1, 0.15) is 0 Å². The minimum atomic E-state index is -4.06. The molecule has 0 saturated carbocycles. The van der Waals surface area contributed by atoms with Crippen molar-refractivity contribution in [1.29, 1.82) is 0 Å². The van der Waals surface area contributed by atoms with Crippen molar-refractivity contribution in [3.8, 4) is 0 Å². The predicted octanol–water partition coefficient (Wildman–Crippen LogP) is 5.72. The average Bonchev–Trinajstić information content (AvgIpc) is 3.36. The minimum Gasteiger partial charge on any atom is -0.353 e. The van der Waals surface area contributed by atoms with Crippen LogP contribution in [0.3, 0.4) is 0 Å². The van der Waals surface area contributed by atoms with Crippen LogP contribution in [0.15, 0.2) is 136 Å². The van der Waals surface area contributed by atoms with Gasteiger partial charge in [0.1, 0.15) is 0 Å². The molecule has 1 aromatic heterocycles. The van der Waals surface area contributed by atoms with Gasteiger partial charge in [-0.2, -0.15) is 0 Å². The molecule has 10 nitrogen and oxygen atoms in total. The highest BCUT2D eigenvalue weighted by molar-refractivity contribution is 7.93. The van der Waals surface area contributed by atoms with Crippen LogP contribution in [0.5, 0.6) is 0 Å². The van der Waals surface area contributed by atoms with Crippen molar-refractivity contribution in [2.45, 2.75) is 14.7 Å². The fraction of sp³-hybridized carbons (Fsp3) is 0. The van der Waals surface area contributed by atoms with Crippen LogP contribution in [-0.2, 0) is 30.1 Å². The summed E-state index contributed by atoms with van der Waals surface area (Å²) in [5, 5.41) is 0.985. The van der Waals surface area contributed by atoms with E-state index in [1.54, 1.807) is 78.9 Å². The van der Waals surface area contributed by atoms with E-state index in [0.717, 1.165) is 0 Å². The Bertz CT molecular complexity index is 2290. The Morgan fingerprint density at radius 3 is 1.40 bits per heavy atom. The second kappa shape index (κ2) is 10.8. The summed E-state index contributed by atoms with van der Waals surface area (Å²) in [5.41, 5.74) is 1.40. The zero-order valence-electron chi connectivity index (χ0n) is 22.2. The first-order valence-electron chi connectivity index (χ1n) is 12.8. The maximum atomic E-state index is 13.3. The van der Waals surface area contributed by atoms with Gasteiger partial charge in [0.15, 0.2) is 0 Å². The second-order valence-electron chi connectivity index (χ2n) is 9.59. The van der Waals surface area contributed by atoms with Crippen LogP contribution < -0.4 is 14.2 Å². The molecule has 5 aromatic carbocycles. The summed E-state index contributed by atoms with van der Waals surface area (Å²) >= 11 is 0. The molecule has 0 amide bonds. The molecule has 4 N–H and O–H groups in total. The second-order valence-corrected chi connectivity index (χ2v) is 14.6. The summed E-state index contributed by atoms with van der Waals surface area (Å²) in [6.45, 7) is 0. The number of benzene rings is 5. The first-order valence-corrected chi connectivity index (χ1v) is 17.3. The predicted molar refractivity (Wildman–Crippen MR) is 168 cm³/mol. The van der Waals surface area contributed by atoms with Crippen molar-refractivity contribution < 1.29 is 25.3 Å². The lowest BCUT2D eigenvalue weighted by atomic mass is 10.1. The molecule has 0 fully saturated rings. The summed E-state index contributed by atoms with van der Waals surface area (Å²) < 4.78 is 86.5. The molecular formula is C30H24N4O6S3. The average molecular weight is 633 g/mol. The van der Waals surface area contributed by atoms with Crippen molar-refractivity contribution in [1.82, 2.24) is 4.98 Å². The van der Waals surface area contributed by atoms with Crippen LogP contribution in [0.2, 0.25) is 0 Å². The lowest BCUT2D eigenvalue weighted by Gasteiger charge is -2.13. The quantitative estimate of drug-likeness (QED) is 0.160. The third kappa shape index (κ3) is 5.78. The van der Waals surface area contributed by atoms with Gasteiger partial charge < -0.3 is 4.98 Å². The Balaban J connectivity index is 1.49. The molecule has 1 heterocycles. The summed E-state index contributed by atoms with van der Waals surface area (Å²) in [6.07, 6.45) is 0. The van der Waals surface area contributed by atoms with Gasteiger partial charge >= 0.3 is 0 Å². The Labute approximate surface area is 248 Å².